The molecule has 0 radical (unpaired) electrons. The lowest BCUT2D eigenvalue weighted by Gasteiger charge is -2.13. The summed E-state index contributed by atoms with van der Waals surface area (Å²) in [6, 6.07) is 4.83. The van der Waals surface area contributed by atoms with Crippen LogP contribution >= 0.6 is 11.6 Å². The zero-order valence-electron chi connectivity index (χ0n) is 8.77. The highest BCUT2D eigenvalue weighted by Crippen LogP contribution is 2.28. The lowest BCUT2D eigenvalue weighted by molar-refractivity contribution is -0.117. The van der Waals surface area contributed by atoms with Gasteiger partial charge in [0, 0.05) is 5.69 Å². The summed E-state index contributed by atoms with van der Waals surface area (Å²) in [7, 11) is -1.61. The summed E-state index contributed by atoms with van der Waals surface area (Å²) in [6.07, 6.45) is 0.382. The van der Waals surface area contributed by atoms with Gasteiger partial charge in [-0.3, -0.25) is 9.00 Å². The van der Waals surface area contributed by atoms with Crippen molar-refractivity contribution in [3.05, 3.63) is 23.2 Å². The predicted octanol–water partition coefficient (Wildman–Crippen LogP) is 1.29. The first-order valence-corrected chi connectivity index (χ1v) is 6.32. The Labute approximate surface area is 101 Å². The molecule has 2 atom stereocenters. The highest BCUT2D eigenvalue weighted by molar-refractivity contribution is 7.86. The number of carbonyl (C=O) groups excluding carboxylic acids is 1. The number of benzene rings is 1. The van der Waals surface area contributed by atoms with Crippen molar-refractivity contribution in [3.8, 4) is 0 Å². The Kier molecular flexibility index (Phi) is 4.32. The SMILES string of the molecule is CCC(C(N)=O)S(=O)c1c(N)cccc1Cl. The second-order valence-corrected chi connectivity index (χ2v) is 5.23. The largest absolute Gasteiger partial charge is 0.398 e. The van der Waals surface area contributed by atoms with Gasteiger partial charge in [-0.15, -0.1) is 0 Å². The lowest BCUT2D eigenvalue weighted by atomic mass is 10.3. The van der Waals surface area contributed by atoms with E-state index in [0.717, 1.165) is 0 Å². The summed E-state index contributed by atoms with van der Waals surface area (Å²) in [5.74, 6) is -0.611. The number of hydrogen-bond donors (Lipinski definition) is 2. The molecule has 0 aliphatic heterocycles. The molecule has 1 aromatic carbocycles. The van der Waals surface area contributed by atoms with E-state index in [1.807, 2.05) is 0 Å². The number of halogens is 1. The fraction of sp³-hybridized carbons (Fsp3) is 0.300. The number of nitrogens with two attached hydrogens (primary N) is 2. The van der Waals surface area contributed by atoms with E-state index in [0.29, 0.717) is 12.1 Å². The van der Waals surface area contributed by atoms with Crippen LogP contribution in [0.25, 0.3) is 0 Å². The van der Waals surface area contributed by atoms with Crippen LogP contribution in [0.15, 0.2) is 23.1 Å². The Morgan fingerprint density at radius 1 is 1.56 bits per heavy atom. The van der Waals surface area contributed by atoms with E-state index in [4.69, 9.17) is 23.1 Å². The normalized spacial score (nSPS) is 14.4. The molecule has 1 aromatic rings. The lowest BCUT2D eigenvalue weighted by Crippen LogP contribution is -2.32. The van der Waals surface area contributed by atoms with Crippen LogP contribution in [0, 0.1) is 0 Å². The Morgan fingerprint density at radius 3 is 2.62 bits per heavy atom. The maximum Gasteiger partial charge on any atom is 0.233 e. The zero-order valence-corrected chi connectivity index (χ0v) is 10.3. The summed E-state index contributed by atoms with van der Waals surface area (Å²) in [5.41, 5.74) is 11.2. The molecular weight excluding hydrogens is 248 g/mol. The van der Waals surface area contributed by atoms with Gasteiger partial charge in [0.25, 0.3) is 0 Å². The van der Waals surface area contributed by atoms with Gasteiger partial charge in [-0.05, 0) is 18.6 Å². The van der Waals surface area contributed by atoms with Crippen LogP contribution in [0.5, 0.6) is 0 Å². The Morgan fingerprint density at radius 2 is 2.19 bits per heavy atom. The molecule has 6 heteroatoms. The summed E-state index contributed by atoms with van der Waals surface area (Å²) in [4.78, 5) is 11.4. The highest BCUT2D eigenvalue weighted by Gasteiger charge is 2.25. The molecule has 88 valence electrons. The predicted molar refractivity (Wildman–Crippen MR) is 65.5 cm³/mol. The van der Waals surface area contributed by atoms with Crippen molar-refractivity contribution in [1.82, 2.24) is 0 Å². The number of nitrogen functional groups attached to an aromatic ring is 1. The molecule has 1 amide bonds. The molecule has 0 heterocycles. The van der Waals surface area contributed by atoms with Gasteiger partial charge in [-0.25, -0.2) is 0 Å². The average molecular weight is 261 g/mol. The fourth-order valence-corrected chi connectivity index (χ4v) is 3.11. The molecule has 0 fully saturated rings. The zero-order chi connectivity index (χ0) is 12.3. The third-order valence-corrected chi connectivity index (χ3v) is 4.51. The van der Waals surface area contributed by atoms with E-state index in [1.165, 1.54) is 0 Å². The van der Waals surface area contributed by atoms with Crippen LogP contribution in [0.4, 0.5) is 5.69 Å². The Bertz CT molecular complexity index is 417. The summed E-state index contributed by atoms with van der Waals surface area (Å²) in [5, 5.41) is -0.472. The van der Waals surface area contributed by atoms with E-state index in [9.17, 15) is 9.00 Å². The van der Waals surface area contributed by atoms with Crippen LogP contribution in [-0.4, -0.2) is 15.4 Å². The summed E-state index contributed by atoms with van der Waals surface area (Å²) >= 11 is 5.90. The molecule has 0 bridgehead atoms. The number of anilines is 1. The topological polar surface area (TPSA) is 86.2 Å². The monoisotopic (exact) mass is 260 g/mol. The molecular formula is C10H13ClN2O2S. The van der Waals surface area contributed by atoms with Crippen LogP contribution in [0.2, 0.25) is 5.02 Å². The minimum absolute atomic E-state index is 0.287. The van der Waals surface area contributed by atoms with Gasteiger partial charge in [0.1, 0.15) is 5.25 Å². The Hall–Kier alpha value is -1.07. The van der Waals surface area contributed by atoms with Crippen molar-refractivity contribution in [3.63, 3.8) is 0 Å². The minimum Gasteiger partial charge on any atom is -0.398 e. The van der Waals surface area contributed by atoms with Crippen molar-refractivity contribution in [2.24, 2.45) is 5.73 Å². The van der Waals surface area contributed by atoms with Crippen molar-refractivity contribution < 1.29 is 9.00 Å². The molecule has 4 N–H and O–H groups in total. The third-order valence-electron chi connectivity index (χ3n) is 2.15. The summed E-state index contributed by atoms with van der Waals surface area (Å²) in [6.45, 7) is 1.74. The number of amides is 1. The van der Waals surface area contributed by atoms with E-state index in [1.54, 1.807) is 25.1 Å². The van der Waals surface area contributed by atoms with Gasteiger partial charge in [-0.1, -0.05) is 24.6 Å². The van der Waals surface area contributed by atoms with Crippen molar-refractivity contribution in [2.45, 2.75) is 23.5 Å². The average Bonchev–Trinajstić information content (AvgIpc) is 2.17. The molecule has 0 aliphatic carbocycles. The van der Waals surface area contributed by atoms with Gasteiger partial charge in [-0.2, -0.15) is 0 Å². The highest BCUT2D eigenvalue weighted by atomic mass is 35.5. The first-order chi connectivity index (χ1) is 7.49. The van der Waals surface area contributed by atoms with E-state index in [2.05, 4.69) is 0 Å². The molecule has 1 rings (SSSR count). The second kappa shape index (κ2) is 5.32. The summed E-state index contributed by atoms with van der Waals surface area (Å²) < 4.78 is 12.1. The molecule has 16 heavy (non-hydrogen) atoms. The number of rotatable bonds is 4. The first-order valence-electron chi connectivity index (χ1n) is 4.72. The van der Waals surface area contributed by atoms with Gasteiger partial charge in [0.15, 0.2) is 0 Å². The Balaban J connectivity index is 3.18. The quantitative estimate of drug-likeness (QED) is 0.800. The van der Waals surface area contributed by atoms with E-state index < -0.39 is 22.0 Å². The number of hydrogen-bond acceptors (Lipinski definition) is 3. The first kappa shape index (κ1) is 13.0. The molecule has 2 unspecified atom stereocenters. The molecule has 0 saturated heterocycles. The standard InChI is InChI=1S/C10H13ClN2O2S/c1-2-8(10(13)14)16(15)9-6(11)4-3-5-7(9)12/h3-5,8H,2,12H2,1H3,(H2,13,14). The molecule has 0 aliphatic rings. The van der Waals surface area contributed by atoms with Crippen molar-refractivity contribution in [1.29, 1.82) is 0 Å². The van der Waals surface area contributed by atoms with Crippen molar-refractivity contribution in [2.75, 3.05) is 5.73 Å². The fourth-order valence-electron chi connectivity index (χ4n) is 1.34. The molecule has 0 spiro atoms. The smallest absolute Gasteiger partial charge is 0.233 e. The van der Waals surface area contributed by atoms with Gasteiger partial charge < -0.3 is 11.5 Å². The third kappa shape index (κ3) is 2.54. The van der Waals surface area contributed by atoms with Crippen molar-refractivity contribution >= 4 is 34.0 Å². The molecule has 4 nitrogen and oxygen atoms in total. The number of primary amides is 1. The number of carbonyl (C=O) groups is 1. The van der Waals surface area contributed by atoms with Gasteiger partial charge in [0.05, 0.1) is 20.7 Å². The molecule has 0 aromatic heterocycles. The van der Waals surface area contributed by atoms with Crippen LogP contribution < -0.4 is 11.5 Å². The van der Waals surface area contributed by atoms with Crippen LogP contribution in [-0.2, 0) is 15.6 Å². The van der Waals surface area contributed by atoms with E-state index >= 15 is 0 Å². The minimum atomic E-state index is -1.61. The van der Waals surface area contributed by atoms with Crippen LogP contribution in [0.3, 0.4) is 0 Å². The van der Waals surface area contributed by atoms with Gasteiger partial charge in [0.2, 0.25) is 5.91 Å². The van der Waals surface area contributed by atoms with Gasteiger partial charge >= 0.3 is 0 Å². The second-order valence-electron chi connectivity index (χ2n) is 3.25. The molecule has 0 saturated carbocycles. The maximum absolute atomic E-state index is 12.1. The van der Waals surface area contributed by atoms with E-state index in [-0.39, 0.29) is 9.92 Å². The van der Waals surface area contributed by atoms with Crippen LogP contribution in [0.1, 0.15) is 13.3 Å². The maximum atomic E-state index is 12.1.